The summed E-state index contributed by atoms with van der Waals surface area (Å²) in [5, 5.41) is 0.566. The number of nitrogens with zero attached hydrogens (tertiary/aromatic N) is 2. The van der Waals surface area contributed by atoms with Crippen molar-refractivity contribution in [3.8, 4) is 0 Å². The first-order valence-electron chi connectivity index (χ1n) is 9.24. The normalized spacial score (nSPS) is 21.2. The molecule has 2 aromatic rings. The Kier molecular flexibility index (Phi) is 4.85. The van der Waals surface area contributed by atoms with Crippen molar-refractivity contribution in [3.63, 3.8) is 0 Å². The molecule has 3 heterocycles. The van der Waals surface area contributed by atoms with Crippen molar-refractivity contribution in [1.82, 2.24) is 0 Å². The number of anilines is 2. The number of carbonyl (C=O) groups excluding carboxylic acids is 2. The quantitative estimate of drug-likeness (QED) is 0.781. The Morgan fingerprint density at radius 2 is 1.89 bits per heavy atom. The molecule has 0 aliphatic carbocycles. The number of benzene rings is 1. The van der Waals surface area contributed by atoms with Crippen molar-refractivity contribution in [2.45, 2.75) is 19.4 Å². The number of piperazine rings is 1. The number of halogens is 1. The average molecular weight is 387 g/mol. The lowest BCUT2D eigenvalue weighted by Crippen LogP contribution is -3.19. The number of hydrogen-bond acceptors (Lipinski definition) is 3. The van der Waals surface area contributed by atoms with Gasteiger partial charge in [0.2, 0.25) is 5.91 Å². The van der Waals surface area contributed by atoms with E-state index in [4.69, 9.17) is 11.6 Å². The number of carbonyl (C=O) groups is 2. The van der Waals surface area contributed by atoms with Crippen LogP contribution in [0.4, 0.5) is 11.5 Å². The lowest BCUT2D eigenvalue weighted by atomic mass is 10.1. The van der Waals surface area contributed by atoms with Crippen LogP contribution < -0.4 is 19.7 Å². The predicted molar refractivity (Wildman–Crippen MR) is 103 cm³/mol. The summed E-state index contributed by atoms with van der Waals surface area (Å²) in [6, 6.07) is 11.1. The van der Waals surface area contributed by atoms with E-state index in [0.29, 0.717) is 10.7 Å². The molecule has 2 amide bonds. The van der Waals surface area contributed by atoms with Gasteiger partial charge in [-0.2, -0.15) is 0 Å². The summed E-state index contributed by atoms with van der Waals surface area (Å²) in [6.45, 7) is 5.20. The Bertz CT molecular complexity index is 866. The van der Waals surface area contributed by atoms with Crippen LogP contribution in [0.25, 0.3) is 0 Å². The second kappa shape index (κ2) is 7.29. The van der Waals surface area contributed by atoms with E-state index in [9.17, 15) is 9.59 Å². The number of aromatic amines is 1. The van der Waals surface area contributed by atoms with Gasteiger partial charge < -0.3 is 4.90 Å². The fourth-order valence-corrected chi connectivity index (χ4v) is 4.18. The van der Waals surface area contributed by atoms with Crippen LogP contribution in [-0.4, -0.2) is 44.0 Å². The van der Waals surface area contributed by atoms with E-state index >= 15 is 0 Å². The van der Waals surface area contributed by atoms with Gasteiger partial charge in [0.15, 0.2) is 6.04 Å². The van der Waals surface area contributed by atoms with Crippen molar-refractivity contribution in [2.24, 2.45) is 0 Å². The molecule has 1 atom stereocenters. The van der Waals surface area contributed by atoms with Crippen LogP contribution in [0, 0.1) is 6.92 Å². The summed E-state index contributed by atoms with van der Waals surface area (Å²) in [5.74, 6) is 0.836. The molecule has 2 saturated heterocycles. The number of amides is 2. The third kappa shape index (κ3) is 3.31. The van der Waals surface area contributed by atoms with Gasteiger partial charge in [0.1, 0.15) is 26.2 Å². The summed E-state index contributed by atoms with van der Waals surface area (Å²) in [7, 11) is 0. The molecule has 2 aliphatic heterocycles. The molecule has 140 valence electrons. The van der Waals surface area contributed by atoms with Gasteiger partial charge in [-0.1, -0.05) is 23.7 Å². The van der Waals surface area contributed by atoms with Gasteiger partial charge >= 0.3 is 0 Å². The molecule has 0 unspecified atom stereocenters. The maximum Gasteiger partial charge on any atom is 0.292 e. The minimum atomic E-state index is -0.308. The largest absolute Gasteiger partial charge is 0.318 e. The topological polar surface area (TPSA) is 59.2 Å². The number of pyridine rings is 1. The maximum atomic E-state index is 13.1. The standard InChI is InChI=1S/C20H21ClN4O2/c1-14-15(21)5-4-6-16(14)25-19(26)13-17(20(25)27)23-9-11-24(12-10-23)18-7-2-3-8-22-18/h2-8,17H,9-13H2,1H3/p+2/t17-/m1/s1. The zero-order chi connectivity index (χ0) is 19.0. The molecule has 2 aliphatic rings. The van der Waals surface area contributed by atoms with Gasteiger partial charge in [-0.25, -0.2) is 9.88 Å². The molecule has 0 bridgehead atoms. The molecule has 0 saturated carbocycles. The smallest absolute Gasteiger partial charge is 0.292 e. The average Bonchev–Trinajstić information content (AvgIpc) is 2.99. The number of H-pyrrole nitrogens is 1. The van der Waals surface area contributed by atoms with Crippen molar-refractivity contribution < 1.29 is 19.5 Å². The summed E-state index contributed by atoms with van der Waals surface area (Å²) < 4.78 is 0. The molecule has 1 aromatic heterocycles. The SMILES string of the molecule is Cc1c(Cl)cccc1N1C(=O)C[C@@H]([NH+]2CCN(c3cccc[nH+]3)CC2)C1=O. The zero-order valence-corrected chi connectivity index (χ0v) is 16.0. The number of nitrogens with one attached hydrogen (secondary N) is 2. The van der Waals surface area contributed by atoms with E-state index < -0.39 is 0 Å². The van der Waals surface area contributed by atoms with E-state index in [1.807, 2.05) is 25.3 Å². The second-order valence-electron chi connectivity index (χ2n) is 7.10. The van der Waals surface area contributed by atoms with E-state index in [0.717, 1.165) is 37.6 Å². The Labute approximate surface area is 163 Å². The van der Waals surface area contributed by atoms with E-state index in [-0.39, 0.29) is 24.3 Å². The zero-order valence-electron chi connectivity index (χ0n) is 15.2. The van der Waals surface area contributed by atoms with Crippen molar-refractivity contribution in [3.05, 3.63) is 53.2 Å². The van der Waals surface area contributed by atoms with Crippen LogP contribution >= 0.6 is 11.6 Å². The maximum absolute atomic E-state index is 13.1. The van der Waals surface area contributed by atoms with Gasteiger partial charge in [0.25, 0.3) is 11.7 Å². The first-order valence-corrected chi connectivity index (χ1v) is 9.62. The van der Waals surface area contributed by atoms with Gasteiger partial charge in [0, 0.05) is 11.1 Å². The van der Waals surface area contributed by atoms with Crippen LogP contribution in [0.2, 0.25) is 5.02 Å². The lowest BCUT2D eigenvalue weighted by Gasteiger charge is -2.31. The monoisotopic (exact) mass is 386 g/mol. The Morgan fingerprint density at radius 3 is 2.59 bits per heavy atom. The Balaban J connectivity index is 1.48. The Hall–Kier alpha value is -2.44. The molecule has 27 heavy (non-hydrogen) atoms. The van der Waals surface area contributed by atoms with Crippen LogP contribution in [0.1, 0.15) is 12.0 Å². The highest BCUT2D eigenvalue weighted by Crippen LogP contribution is 2.30. The van der Waals surface area contributed by atoms with Gasteiger partial charge in [-0.15, -0.1) is 0 Å². The minimum absolute atomic E-state index is 0.111. The molecular weight excluding hydrogens is 364 g/mol. The Morgan fingerprint density at radius 1 is 1.11 bits per heavy atom. The first kappa shape index (κ1) is 17.9. The highest BCUT2D eigenvalue weighted by molar-refractivity contribution is 6.32. The minimum Gasteiger partial charge on any atom is -0.318 e. The number of quaternary nitrogens is 1. The van der Waals surface area contributed by atoms with Crippen molar-refractivity contribution in [2.75, 3.05) is 36.0 Å². The third-order valence-electron chi connectivity index (χ3n) is 5.56. The van der Waals surface area contributed by atoms with Crippen LogP contribution in [0.15, 0.2) is 42.6 Å². The summed E-state index contributed by atoms with van der Waals surface area (Å²) >= 11 is 6.18. The summed E-state index contributed by atoms with van der Waals surface area (Å²) in [4.78, 5) is 33.7. The molecule has 1 aromatic carbocycles. The number of rotatable bonds is 3. The number of hydrogen-bond donors (Lipinski definition) is 1. The first-order chi connectivity index (χ1) is 13.1. The van der Waals surface area contributed by atoms with E-state index in [1.54, 1.807) is 18.2 Å². The molecule has 2 N–H and O–H groups in total. The van der Waals surface area contributed by atoms with E-state index in [1.165, 1.54) is 9.80 Å². The molecule has 2 fully saturated rings. The van der Waals surface area contributed by atoms with E-state index in [2.05, 4.69) is 16.0 Å². The fraction of sp³-hybridized carbons (Fsp3) is 0.350. The molecule has 0 radical (unpaired) electrons. The summed E-state index contributed by atoms with van der Waals surface area (Å²) in [6.07, 6.45) is 2.18. The van der Waals surface area contributed by atoms with Gasteiger partial charge in [-0.3, -0.25) is 14.5 Å². The summed E-state index contributed by atoms with van der Waals surface area (Å²) in [5.41, 5.74) is 1.37. The number of aromatic nitrogens is 1. The van der Waals surface area contributed by atoms with Crippen LogP contribution in [-0.2, 0) is 9.59 Å². The molecule has 0 spiro atoms. The van der Waals surface area contributed by atoms with Gasteiger partial charge in [-0.05, 0) is 30.7 Å². The fourth-order valence-electron chi connectivity index (χ4n) is 4.01. The van der Waals surface area contributed by atoms with Crippen LogP contribution in [0.3, 0.4) is 0 Å². The highest BCUT2D eigenvalue weighted by atomic mass is 35.5. The third-order valence-corrected chi connectivity index (χ3v) is 5.97. The van der Waals surface area contributed by atoms with Crippen molar-refractivity contribution in [1.29, 1.82) is 0 Å². The molecule has 4 rings (SSSR count). The second-order valence-corrected chi connectivity index (χ2v) is 7.51. The molecular formula is C20H23ClN4O2+2. The molecule has 7 heteroatoms. The van der Waals surface area contributed by atoms with Gasteiger partial charge in [0.05, 0.1) is 18.3 Å². The number of imide groups is 1. The lowest BCUT2D eigenvalue weighted by molar-refractivity contribution is -0.915. The highest BCUT2D eigenvalue weighted by Gasteiger charge is 2.47. The predicted octanol–water partition coefficient (Wildman–Crippen LogP) is 0.500. The molecule has 6 nitrogen and oxygen atoms in total. The van der Waals surface area contributed by atoms with Crippen molar-refractivity contribution >= 4 is 34.9 Å². The van der Waals surface area contributed by atoms with Crippen LogP contribution in [0.5, 0.6) is 0 Å².